The summed E-state index contributed by atoms with van der Waals surface area (Å²) >= 11 is 0. The molecule has 1 amide bonds. The highest BCUT2D eigenvalue weighted by molar-refractivity contribution is 5.94. The van der Waals surface area contributed by atoms with Gasteiger partial charge in [0, 0.05) is 17.0 Å². The number of carbonyl (C=O) groups excluding carboxylic acids is 1. The largest absolute Gasteiger partial charge is 0.323 e. The van der Waals surface area contributed by atoms with Crippen molar-refractivity contribution in [3.8, 4) is 0 Å². The smallest absolute Gasteiger partial charge is 0.228 e. The Morgan fingerprint density at radius 3 is 2.69 bits per heavy atom. The van der Waals surface area contributed by atoms with Crippen LogP contribution in [0.15, 0.2) is 60.8 Å². The van der Waals surface area contributed by atoms with Gasteiger partial charge in [-0.05, 0) is 92.5 Å². The molecule has 0 unspecified atom stereocenters. The molecule has 1 aromatic heterocycles. The number of carbonyl (C=O) groups is 1. The van der Waals surface area contributed by atoms with Crippen molar-refractivity contribution in [3.63, 3.8) is 0 Å². The Hall–Kier alpha value is -3.08. The predicted octanol–water partition coefficient (Wildman–Crippen LogP) is 6.68. The Labute approximate surface area is 186 Å². The summed E-state index contributed by atoms with van der Waals surface area (Å²) in [5, 5.41) is 3.69. The number of hydrogen-bond acceptors (Lipinski definition) is 2. The number of nitrogens with zero attached hydrogens (tertiary/aromatic N) is 1. The quantitative estimate of drug-likeness (QED) is 0.469. The Kier molecular flexibility index (Phi) is 5.28. The third-order valence-corrected chi connectivity index (χ3v) is 7.31. The third kappa shape index (κ3) is 3.70. The fourth-order valence-electron chi connectivity index (χ4n) is 5.58. The van der Waals surface area contributed by atoms with Crippen LogP contribution >= 0.6 is 0 Å². The van der Waals surface area contributed by atoms with E-state index in [1.54, 1.807) is 30.5 Å². The van der Waals surface area contributed by atoms with E-state index in [1.807, 2.05) is 13.0 Å². The lowest BCUT2D eigenvalue weighted by Crippen LogP contribution is -2.37. The molecule has 2 aliphatic rings. The Morgan fingerprint density at radius 1 is 1.09 bits per heavy atom. The van der Waals surface area contributed by atoms with E-state index in [0.717, 1.165) is 47.7 Å². The molecule has 1 atom stereocenters. The molecule has 3 aromatic rings. The molecule has 1 fully saturated rings. The van der Waals surface area contributed by atoms with Gasteiger partial charge in [0.15, 0.2) is 0 Å². The van der Waals surface area contributed by atoms with E-state index >= 15 is 0 Å². The van der Waals surface area contributed by atoms with Crippen LogP contribution in [-0.2, 0) is 4.79 Å². The molecule has 1 heterocycles. The predicted molar refractivity (Wildman–Crippen MR) is 122 cm³/mol. The van der Waals surface area contributed by atoms with Gasteiger partial charge >= 0.3 is 0 Å². The maximum absolute atomic E-state index is 14.3. The van der Waals surface area contributed by atoms with Gasteiger partial charge in [-0.2, -0.15) is 0 Å². The number of benzene rings is 2. The molecule has 1 saturated carbocycles. The summed E-state index contributed by atoms with van der Waals surface area (Å²) < 4.78 is 28.2. The minimum atomic E-state index is -0.404. The van der Waals surface area contributed by atoms with Gasteiger partial charge in [0.2, 0.25) is 5.91 Å². The molecular formula is C27H26F2N2O. The molecule has 0 bridgehead atoms. The number of halogens is 2. The van der Waals surface area contributed by atoms with Crippen LogP contribution in [0, 0.1) is 29.9 Å². The zero-order chi connectivity index (χ0) is 22.3. The number of fused-ring (bicyclic) bond motifs is 1. The fraction of sp³-hybridized carbons (Fsp3) is 0.333. The first kappa shape index (κ1) is 20.8. The van der Waals surface area contributed by atoms with E-state index in [1.165, 1.54) is 12.1 Å². The lowest BCUT2D eigenvalue weighted by atomic mass is 9.64. The fourth-order valence-corrected chi connectivity index (χ4v) is 5.58. The van der Waals surface area contributed by atoms with Crippen LogP contribution in [0.25, 0.3) is 10.9 Å². The van der Waals surface area contributed by atoms with Crippen LogP contribution in [0.5, 0.6) is 0 Å². The first-order valence-corrected chi connectivity index (χ1v) is 11.2. The first-order chi connectivity index (χ1) is 15.4. The van der Waals surface area contributed by atoms with Gasteiger partial charge in [0.25, 0.3) is 0 Å². The molecule has 2 aliphatic carbocycles. The topological polar surface area (TPSA) is 42.0 Å². The van der Waals surface area contributed by atoms with Gasteiger partial charge in [0.1, 0.15) is 11.6 Å². The maximum atomic E-state index is 14.3. The molecule has 2 aromatic carbocycles. The maximum Gasteiger partial charge on any atom is 0.228 e. The van der Waals surface area contributed by atoms with Gasteiger partial charge < -0.3 is 5.32 Å². The van der Waals surface area contributed by atoms with Crippen molar-refractivity contribution >= 4 is 22.5 Å². The number of pyridine rings is 1. The van der Waals surface area contributed by atoms with E-state index in [0.29, 0.717) is 12.3 Å². The molecule has 0 radical (unpaired) electrons. The second-order valence-electron chi connectivity index (χ2n) is 9.23. The highest BCUT2D eigenvalue weighted by atomic mass is 19.1. The van der Waals surface area contributed by atoms with Crippen molar-refractivity contribution in [2.45, 2.75) is 44.9 Å². The van der Waals surface area contributed by atoms with Crippen molar-refractivity contribution in [2.75, 3.05) is 5.32 Å². The molecule has 0 saturated heterocycles. The highest BCUT2D eigenvalue weighted by Gasteiger charge is 2.45. The van der Waals surface area contributed by atoms with Gasteiger partial charge in [-0.15, -0.1) is 0 Å². The number of anilines is 1. The summed E-state index contributed by atoms with van der Waals surface area (Å²) in [6, 6.07) is 11.6. The van der Waals surface area contributed by atoms with Gasteiger partial charge in [-0.3, -0.25) is 9.78 Å². The number of nitrogens with one attached hydrogen (secondary N) is 1. The highest BCUT2D eigenvalue weighted by Crippen LogP contribution is 2.53. The van der Waals surface area contributed by atoms with Crippen LogP contribution in [0.4, 0.5) is 14.5 Å². The molecule has 1 spiro atoms. The normalized spacial score (nSPS) is 24.8. The van der Waals surface area contributed by atoms with E-state index in [2.05, 4.69) is 22.5 Å². The Bertz CT molecular complexity index is 1210. The van der Waals surface area contributed by atoms with Gasteiger partial charge in [0.05, 0.1) is 17.1 Å². The summed E-state index contributed by atoms with van der Waals surface area (Å²) in [5.41, 5.74) is 2.80. The van der Waals surface area contributed by atoms with Crippen molar-refractivity contribution in [1.82, 2.24) is 4.98 Å². The van der Waals surface area contributed by atoms with Crippen LogP contribution in [0.1, 0.15) is 49.1 Å². The lowest BCUT2D eigenvalue weighted by Gasteiger charge is -2.40. The molecule has 1 N–H and O–H groups in total. The van der Waals surface area contributed by atoms with E-state index in [-0.39, 0.29) is 28.7 Å². The molecule has 5 heteroatoms. The monoisotopic (exact) mass is 432 g/mol. The van der Waals surface area contributed by atoms with Gasteiger partial charge in [-0.1, -0.05) is 18.2 Å². The van der Waals surface area contributed by atoms with Crippen molar-refractivity contribution in [3.05, 3.63) is 83.6 Å². The summed E-state index contributed by atoms with van der Waals surface area (Å²) in [6.45, 7) is 1.82. The van der Waals surface area contributed by atoms with Crippen molar-refractivity contribution < 1.29 is 13.6 Å². The van der Waals surface area contributed by atoms with E-state index in [9.17, 15) is 13.6 Å². The standard InChI is InChI=1S/C27H26F2N2O/c1-17-4-6-25(23(29)15-17)31-26(32)22-3-2-11-27(22)12-8-18(9-13-27)20-10-14-30-24-7-5-19(28)16-21(20)24/h2,4-7,10-11,14-16,18,22H,3,8-9,12-13H2,1H3,(H,31,32)/t18?,22-,27?/m1/s1. The molecule has 164 valence electrons. The number of aromatic nitrogens is 1. The first-order valence-electron chi connectivity index (χ1n) is 11.2. The summed E-state index contributed by atoms with van der Waals surface area (Å²) in [7, 11) is 0. The number of hydrogen-bond donors (Lipinski definition) is 1. The van der Waals surface area contributed by atoms with Crippen LogP contribution in [-0.4, -0.2) is 10.9 Å². The van der Waals surface area contributed by atoms with Crippen LogP contribution in [0.2, 0.25) is 0 Å². The summed E-state index contributed by atoms with van der Waals surface area (Å²) in [6.07, 6.45) is 10.3. The van der Waals surface area contributed by atoms with Crippen LogP contribution < -0.4 is 5.32 Å². The number of allylic oxidation sites excluding steroid dienone is 2. The van der Waals surface area contributed by atoms with E-state index < -0.39 is 5.82 Å². The average molecular weight is 433 g/mol. The average Bonchev–Trinajstić information content (AvgIpc) is 3.19. The third-order valence-electron chi connectivity index (χ3n) is 7.31. The molecule has 32 heavy (non-hydrogen) atoms. The Balaban J connectivity index is 1.33. The lowest BCUT2D eigenvalue weighted by molar-refractivity contribution is -0.123. The second kappa shape index (κ2) is 8.12. The number of aryl methyl sites for hydroxylation is 1. The zero-order valence-electron chi connectivity index (χ0n) is 18.1. The van der Waals surface area contributed by atoms with E-state index in [4.69, 9.17) is 0 Å². The second-order valence-corrected chi connectivity index (χ2v) is 9.23. The van der Waals surface area contributed by atoms with Gasteiger partial charge in [-0.25, -0.2) is 8.78 Å². The molecular weight excluding hydrogens is 406 g/mol. The Morgan fingerprint density at radius 2 is 1.91 bits per heavy atom. The minimum Gasteiger partial charge on any atom is -0.323 e. The zero-order valence-corrected chi connectivity index (χ0v) is 18.1. The molecule has 0 aliphatic heterocycles. The summed E-state index contributed by atoms with van der Waals surface area (Å²) in [5.74, 6) is -0.666. The molecule has 5 rings (SSSR count). The van der Waals surface area contributed by atoms with Crippen molar-refractivity contribution in [1.29, 1.82) is 0 Å². The SMILES string of the molecule is Cc1ccc(NC(=O)[C@H]2CC=CC23CCC(c2ccnc4ccc(F)cc24)CC3)c(F)c1. The number of rotatable bonds is 3. The molecule has 3 nitrogen and oxygen atoms in total. The summed E-state index contributed by atoms with van der Waals surface area (Å²) in [4.78, 5) is 17.5. The van der Waals surface area contributed by atoms with Crippen LogP contribution in [0.3, 0.4) is 0 Å². The number of amides is 1. The minimum absolute atomic E-state index is 0.118. The van der Waals surface area contributed by atoms with Crippen molar-refractivity contribution in [2.24, 2.45) is 11.3 Å².